The van der Waals surface area contributed by atoms with Gasteiger partial charge in [-0.1, -0.05) is 6.92 Å². The Kier molecular flexibility index (Phi) is 4.12. The molecule has 13 heavy (non-hydrogen) atoms. The standard InChI is InChI=1S/C9H22N4/c1-3-8(10)13-9(2)6-11-4-5-12-7-9/h8,11-13H,3-7,10H2,1-2H3. The largest absolute Gasteiger partial charge is 0.316 e. The molecule has 1 rings (SSSR count). The normalized spacial score (nSPS) is 25.2. The molecule has 0 aromatic rings. The molecule has 4 nitrogen and oxygen atoms in total. The van der Waals surface area contributed by atoms with Gasteiger partial charge >= 0.3 is 0 Å². The number of hydrogen-bond acceptors (Lipinski definition) is 4. The molecular formula is C9H22N4. The van der Waals surface area contributed by atoms with E-state index in [-0.39, 0.29) is 11.7 Å². The van der Waals surface area contributed by atoms with Crippen LogP contribution in [0.5, 0.6) is 0 Å². The van der Waals surface area contributed by atoms with Gasteiger partial charge in [-0.3, -0.25) is 5.32 Å². The van der Waals surface area contributed by atoms with Gasteiger partial charge in [-0.05, 0) is 13.3 Å². The Labute approximate surface area is 80.6 Å². The van der Waals surface area contributed by atoms with Gasteiger partial charge in [0.15, 0.2) is 0 Å². The van der Waals surface area contributed by atoms with Crippen LogP contribution >= 0.6 is 0 Å². The number of nitrogens with one attached hydrogen (secondary N) is 3. The quantitative estimate of drug-likeness (QED) is 0.437. The number of hydrogen-bond donors (Lipinski definition) is 4. The summed E-state index contributed by atoms with van der Waals surface area (Å²) in [7, 11) is 0. The summed E-state index contributed by atoms with van der Waals surface area (Å²) >= 11 is 0. The summed E-state index contributed by atoms with van der Waals surface area (Å²) < 4.78 is 0. The summed E-state index contributed by atoms with van der Waals surface area (Å²) in [5.41, 5.74) is 5.96. The highest BCUT2D eigenvalue weighted by Gasteiger charge is 2.26. The molecule has 0 amide bonds. The molecule has 0 aliphatic carbocycles. The second-order valence-electron chi connectivity index (χ2n) is 4.07. The van der Waals surface area contributed by atoms with Crippen molar-refractivity contribution in [3.05, 3.63) is 0 Å². The zero-order chi connectivity index (χ0) is 9.73. The Morgan fingerprint density at radius 2 is 1.92 bits per heavy atom. The van der Waals surface area contributed by atoms with E-state index in [9.17, 15) is 0 Å². The summed E-state index contributed by atoms with van der Waals surface area (Å²) in [5.74, 6) is 0. The summed E-state index contributed by atoms with van der Waals surface area (Å²) in [6.45, 7) is 8.34. The van der Waals surface area contributed by atoms with Gasteiger partial charge in [-0.25, -0.2) is 0 Å². The Bertz CT molecular complexity index is 141. The Balaban J connectivity index is 2.41. The van der Waals surface area contributed by atoms with Crippen molar-refractivity contribution in [3.63, 3.8) is 0 Å². The molecule has 1 heterocycles. The first-order valence-corrected chi connectivity index (χ1v) is 5.11. The summed E-state index contributed by atoms with van der Waals surface area (Å²) in [6, 6.07) is 0. The second-order valence-corrected chi connectivity index (χ2v) is 4.07. The van der Waals surface area contributed by atoms with E-state index in [1.54, 1.807) is 0 Å². The molecule has 0 bridgehead atoms. The molecule has 0 spiro atoms. The Morgan fingerprint density at radius 3 is 2.38 bits per heavy atom. The maximum atomic E-state index is 5.87. The van der Waals surface area contributed by atoms with Crippen molar-refractivity contribution >= 4 is 0 Å². The fourth-order valence-corrected chi connectivity index (χ4v) is 1.62. The molecule has 0 aromatic carbocycles. The third-order valence-corrected chi connectivity index (χ3v) is 2.48. The van der Waals surface area contributed by atoms with Crippen LogP contribution in [-0.4, -0.2) is 37.9 Å². The highest BCUT2D eigenvalue weighted by atomic mass is 15.2. The van der Waals surface area contributed by atoms with Crippen molar-refractivity contribution in [1.29, 1.82) is 0 Å². The molecule has 1 saturated heterocycles. The van der Waals surface area contributed by atoms with Crippen molar-refractivity contribution in [3.8, 4) is 0 Å². The molecular weight excluding hydrogens is 164 g/mol. The topological polar surface area (TPSA) is 62.1 Å². The molecule has 1 aliphatic rings. The van der Waals surface area contributed by atoms with E-state index >= 15 is 0 Å². The smallest absolute Gasteiger partial charge is 0.0548 e. The third-order valence-electron chi connectivity index (χ3n) is 2.48. The SMILES string of the molecule is CCC(N)NC1(C)CNCCNC1. The Hall–Kier alpha value is -0.160. The van der Waals surface area contributed by atoms with E-state index in [0.717, 1.165) is 32.6 Å². The van der Waals surface area contributed by atoms with Gasteiger partial charge in [0.05, 0.1) is 6.17 Å². The first-order chi connectivity index (χ1) is 6.16. The maximum Gasteiger partial charge on any atom is 0.0548 e. The molecule has 1 fully saturated rings. The molecule has 0 radical (unpaired) electrons. The molecule has 1 aliphatic heterocycles. The van der Waals surface area contributed by atoms with Crippen LogP contribution in [0, 0.1) is 0 Å². The summed E-state index contributed by atoms with van der Waals surface area (Å²) in [4.78, 5) is 0. The fourth-order valence-electron chi connectivity index (χ4n) is 1.62. The van der Waals surface area contributed by atoms with Crippen LogP contribution in [0.1, 0.15) is 20.3 Å². The molecule has 4 heteroatoms. The van der Waals surface area contributed by atoms with Gasteiger partial charge in [0.2, 0.25) is 0 Å². The van der Waals surface area contributed by atoms with E-state index < -0.39 is 0 Å². The van der Waals surface area contributed by atoms with E-state index in [2.05, 4.69) is 29.8 Å². The molecule has 0 saturated carbocycles. The van der Waals surface area contributed by atoms with Crippen LogP contribution < -0.4 is 21.7 Å². The van der Waals surface area contributed by atoms with Crippen LogP contribution in [0.25, 0.3) is 0 Å². The molecule has 5 N–H and O–H groups in total. The lowest BCUT2D eigenvalue weighted by atomic mass is 10.0. The minimum absolute atomic E-state index is 0.0892. The van der Waals surface area contributed by atoms with E-state index in [1.165, 1.54) is 0 Å². The third kappa shape index (κ3) is 3.60. The second kappa shape index (κ2) is 4.91. The lowest BCUT2D eigenvalue weighted by Gasteiger charge is -2.32. The van der Waals surface area contributed by atoms with Gasteiger partial charge in [-0.15, -0.1) is 0 Å². The summed E-state index contributed by atoms with van der Waals surface area (Å²) in [5, 5.41) is 10.2. The fraction of sp³-hybridized carbons (Fsp3) is 1.00. The van der Waals surface area contributed by atoms with Crippen molar-refractivity contribution in [2.45, 2.75) is 32.0 Å². The van der Waals surface area contributed by atoms with Crippen molar-refractivity contribution < 1.29 is 0 Å². The van der Waals surface area contributed by atoms with Crippen LogP contribution in [0.3, 0.4) is 0 Å². The first kappa shape index (κ1) is 10.9. The average molecular weight is 186 g/mol. The first-order valence-electron chi connectivity index (χ1n) is 5.11. The van der Waals surface area contributed by atoms with Crippen molar-refractivity contribution in [2.75, 3.05) is 26.2 Å². The van der Waals surface area contributed by atoms with Crippen LogP contribution in [-0.2, 0) is 0 Å². The zero-order valence-electron chi connectivity index (χ0n) is 8.69. The van der Waals surface area contributed by atoms with Crippen LogP contribution in [0.15, 0.2) is 0 Å². The monoisotopic (exact) mass is 186 g/mol. The van der Waals surface area contributed by atoms with Crippen LogP contribution in [0.4, 0.5) is 0 Å². The molecule has 1 unspecified atom stereocenters. The van der Waals surface area contributed by atoms with E-state index in [4.69, 9.17) is 5.73 Å². The minimum atomic E-state index is 0.0892. The zero-order valence-corrected chi connectivity index (χ0v) is 8.69. The average Bonchev–Trinajstić information content (AvgIpc) is 2.30. The molecule has 1 atom stereocenters. The van der Waals surface area contributed by atoms with E-state index in [1.807, 2.05) is 0 Å². The molecule has 0 aromatic heterocycles. The lowest BCUT2D eigenvalue weighted by molar-refractivity contribution is 0.300. The lowest BCUT2D eigenvalue weighted by Crippen LogP contribution is -2.59. The predicted octanol–water partition coefficient (Wildman–Crippen LogP) is -0.778. The Morgan fingerprint density at radius 1 is 1.38 bits per heavy atom. The van der Waals surface area contributed by atoms with Crippen LogP contribution in [0.2, 0.25) is 0 Å². The van der Waals surface area contributed by atoms with Crippen molar-refractivity contribution in [1.82, 2.24) is 16.0 Å². The highest BCUT2D eigenvalue weighted by Crippen LogP contribution is 2.03. The van der Waals surface area contributed by atoms with Gasteiger partial charge in [0, 0.05) is 31.7 Å². The number of nitrogens with two attached hydrogens (primary N) is 1. The molecule has 78 valence electrons. The predicted molar refractivity (Wildman–Crippen MR) is 55.5 cm³/mol. The van der Waals surface area contributed by atoms with Gasteiger partial charge in [0.1, 0.15) is 0 Å². The van der Waals surface area contributed by atoms with Crippen molar-refractivity contribution in [2.24, 2.45) is 5.73 Å². The minimum Gasteiger partial charge on any atom is -0.316 e. The van der Waals surface area contributed by atoms with Gasteiger partial charge in [-0.2, -0.15) is 0 Å². The van der Waals surface area contributed by atoms with Gasteiger partial charge in [0.25, 0.3) is 0 Å². The number of rotatable bonds is 3. The maximum absolute atomic E-state index is 5.87. The summed E-state index contributed by atoms with van der Waals surface area (Å²) in [6.07, 6.45) is 1.07. The van der Waals surface area contributed by atoms with Gasteiger partial charge < -0.3 is 16.4 Å². The van der Waals surface area contributed by atoms with E-state index in [0.29, 0.717) is 0 Å². The highest BCUT2D eigenvalue weighted by molar-refractivity contribution is 4.91.